The van der Waals surface area contributed by atoms with Crippen LogP contribution in [0.25, 0.3) is 0 Å². The van der Waals surface area contributed by atoms with Crippen molar-refractivity contribution < 1.29 is 5.11 Å². The molecule has 1 unspecified atom stereocenters. The Labute approximate surface area is 109 Å². The standard InChI is InChI=1S/C12H14BrNOS/c1-9(6-15)7-16-8-11-3-2-10(5-14)4-12(11)13/h2-4,9,15H,6-8H2,1H3. The van der Waals surface area contributed by atoms with Gasteiger partial charge in [-0.1, -0.05) is 28.9 Å². The third-order valence-electron chi connectivity index (χ3n) is 2.15. The molecule has 0 amide bonds. The van der Waals surface area contributed by atoms with Gasteiger partial charge in [0.05, 0.1) is 11.6 Å². The number of thioether (sulfide) groups is 1. The Kier molecular flexibility index (Phi) is 5.89. The van der Waals surface area contributed by atoms with Gasteiger partial charge in [-0.2, -0.15) is 17.0 Å². The molecule has 86 valence electrons. The molecule has 1 aromatic rings. The molecule has 4 heteroatoms. The highest BCUT2D eigenvalue weighted by molar-refractivity contribution is 9.10. The number of hydrogen-bond donors (Lipinski definition) is 1. The van der Waals surface area contributed by atoms with Gasteiger partial charge in [-0.25, -0.2) is 0 Å². The molecule has 0 radical (unpaired) electrons. The minimum Gasteiger partial charge on any atom is -0.396 e. The second kappa shape index (κ2) is 6.95. The number of hydrogen-bond acceptors (Lipinski definition) is 3. The van der Waals surface area contributed by atoms with Crippen molar-refractivity contribution in [1.82, 2.24) is 0 Å². The fourth-order valence-electron chi connectivity index (χ4n) is 1.16. The predicted octanol–water partition coefficient (Wildman–Crippen LogP) is 3.18. The van der Waals surface area contributed by atoms with Crippen LogP contribution in [0.2, 0.25) is 0 Å². The summed E-state index contributed by atoms with van der Waals surface area (Å²) in [5.74, 6) is 2.18. The van der Waals surface area contributed by atoms with Crippen molar-refractivity contribution in [3.63, 3.8) is 0 Å². The monoisotopic (exact) mass is 299 g/mol. The fraction of sp³-hybridized carbons (Fsp3) is 0.417. The lowest BCUT2D eigenvalue weighted by Crippen LogP contribution is -2.03. The van der Waals surface area contributed by atoms with E-state index in [2.05, 4.69) is 22.0 Å². The van der Waals surface area contributed by atoms with Crippen molar-refractivity contribution in [3.05, 3.63) is 33.8 Å². The lowest BCUT2D eigenvalue weighted by atomic mass is 10.2. The molecule has 0 saturated carbocycles. The summed E-state index contributed by atoms with van der Waals surface area (Å²) >= 11 is 5.25. The zero-order chi connectivity index (χ0) is 12.0. The van der Waals surface area contributed by atoms with Gasteiger partial charge >= 0.3 is 0 Å². The van der Waals surface area contributed by atoms with Gasteiger partial charge in [0.25, 0.3) is 0 Å². The molecule has 0 heterocycles. The molecule has 0 aromatic heterocycles. The van der Waals surface area contributed by atoms with Crippen molar-refractivity contribution in [2.24, 2.45) is 5.92 Å². The Morgan fingerprint density at radius 3 is 2.88 bits per heavy atom. The van der Waals surface area contributed by atoms with Crippen LogP contribution in [-0.4, -0.2) is 17.5 Å². The van der Waals surface area contributed by atoms with Crippen molar-refractivity contribution in [2.45, 2.75) is 12.7 Å². The Bertz CT molecular complexity index is 389. The molecule has 0 bridgehead atoms. The number of halogens is 1. The van der Waals surface area contributed by atoms with E-state index in [1.54, 1.807) is 11.8 Å². The maximum Gasteiger partial charge on any atom is 0.0992 e. The molecule has 1 N–H and O–H groups in total. The van der Waals surface area contributed by atoms with Crippen LogP contribution >= 0.6 is 27.7 Å². The zero-order valence-corrected chi connectivity index (χ0v) is 11.5. The largest absolute Gasteiger partial charge is 0.396 e. The van der Waals surface area contributed by atoms with E-state index in [9.17, 15) is 0 Å². The number of benzene rings is 1. The van der Waals surface area contributed by atoms with E-state index in [4.69, 9.17) is 10.4 Å². The molecule has 0 saturated heterocycles. The second-order valence-electron chi connectivity index (χ2n) is 3.72. The van der Waals surface area contributed by atoms with Crippen molar-refractivity contribution >= 4 is 27.7 Å². The van der Waals surface area contributed by atoms with Gasteiger partial charge in [-0.15, -0.1) is 0 Å². The summed E-state index contributed by atoms with van der Waals surface area (Å²) in [5, 5.41) is 17.6. The average Bonchev–Trinajstić information content (AvgIpc) is 2.30. The SMILES string of the molecule is CC(CO)CSCc1ccc(C#N)cc1Br. The van der Waals surface area contributed by atoms with Gasteiger partial charge in [0.2, 0.25) is 0 Å². The molecular weight excluding hydrogens is 286 g/mol. The van der Waals surface area contributed by atoms with E-state index in [1.165, 1.54) is 5.56 Å². The Balaban J connectivity index is 2.52. The van der Waals surface area contributed by atoms with Crippen molar-refractivity contribution in [1.29, 1.82) is 5.26 Å². The minimum atomic E-state index is 0.238. The number of nitrogens with zero attached hydrogens (tertiary/aromatic N) is 1. The smallest absolute Gasteiger partial charge is 0.0992 e. The average molecular weight is 300 g/mol. The summed E-state index contributed by atoms with van der Waals surface area (Å²) in [6.45, 7) is 2.27. The summed E-state index contributed by atoms with van der Waals surface area (Å²) in [7, 11) is 0. The molecule has 16 heavy (non-hydrogen) atoms. The molecule has 2 nitrogen and oxygen atoms in total. The normalized spacial score (nSPS) is 12.1. The Morgan fingerprint density at radius 2 is 2.31 bits per heavy atom. The summed E-state index contributed by atoms with van der Waals surface area (Å²) < 4.78 is 0.982. The Hall–Kier alpha value is -0.500. The van der Waals surface area contributed by atoms with Crippen LogP contribution in [0.5, 0.6) is 0 Å². The highest BCUT2D eigenvalue weighted by Gasteiger charge is 2.04. The van der Waals surface area contributed by atoms with Gasteiger partial charge < -0.3 is 5.11 Å². The van der Waals surface area contributed by atoms with E-state index in [-0.39, 0.29) is 6.61 Å². The third-order valence-corrected chi connectivity index (χ3v) is 4.21. The first-order valence-corrected chi connectivity index (χ1v) is 6.99. The van der Waals surface area contributed by atoms with Crippen molar-refractivity contribution in [2.75, 3.05) is 12.4 Å². The van der Waals surface area contributed by atoms with Crippen LogP contribution in [-0.2, 0) is 5.75 Å². The van der Waals surface area contributed by atoms with E-state index in [1.807, 2.05) is 25.1 Å². The number of nitriles is 1. The lowest BCUT2D eigenvalue weighted by Gasteiger charge is -2.08. The molecule has 1 rings (SSSR count). The van der Waals surface area contributed by atoms with Crippen LogP contribution in [0.3, 0.4) is 0 Å². The number of aliphatic hydroxyl groups excluding tert-OH is 1. The second-order valence-corrected chi connectivity index (χ2v) is 5.61. The molecule has 0 aliphatic carbocycles. The van der Waals surface area contributed by atoms with Crippen molar-refractivity contribution in [3.8, 4) is 6.07 Å². The first-order chi connectivity index (χ1) is 7.67. The molecule has 0 spiro atoms. The van der Waals surface area contributed by atoms with Crippen LogP contribution in [0.1, 0.15) is 18.1 Å². The van der Waals surface area contributed by atoms with Gasteiger partial charge in [-0.3, -0.25) is 0 Å². The van der Waals surface area contributed by atoms with E-state index in [0.29, 0.717) is 11.5 Å². The third kappa shape index (κ3) is 4.17. The quantitative estimate of drug-likeness (QED) is 0.908. The highest BCUT2D eigenvalue weighted by Crippen LogP contribution is 2.23. The van der Waals surface area contributed by atoms with Gasteiger partial charge in [0, 0.05) is 16.8 Å². The first kappa shape index (κ1) is 13.6. The number of aliphatic hydroxyl groups is 1. The van der Waals surface area contributed by atoms with Gasteiger partial charge in [-0.05, 0) is 29.4 Å². The van der Waals surface area contributed by atoms with Crippen LogP contribution in [0, 0.1) is 17.2 Å². The number of rotatable bonds is 5. The maximum atomic E-state index is 8.90. The van der Waals surface area contributed by atoms with Crippen LogP contribution in [0.15, 0.2) is 22.7 Å². The maximum absolute atomic E-state index is 8.90. The minimum absolute atomic E-state index is 0.238. The lowest BCUT2D eigenvalue weighted by molar-refractivity contribution is 0.250. The first-order valence-electron chi connectivity index (χ1n) is 5.04. The molecule has 1 aromatic carbocycles. The summed E-state index contributed by atoms with van der Waals surface area (Å²) in [6.07, 6.45) is 0. The zero-order valence-electron chi connectivity index (χ0n) is 9.11. The molecule has 0 aliphatic rings. The topological polar surface area (TPSA) is 44.0 Å². The predicted molar refractivity (Wildman–Crippen MR) is 71.3 cm³/mol. The van der Waals surface area contributed by atoms with Crippen LogP contribution < -0.4 is 0 Å². The molecule has 0 fully saturated rings. The molecular formula is C12H14BrNOS. The summed E-state index contributed by atoms with van der Waals surface area (Å²) in [5.41, 5.74) is 1.86. The van der Waals surface area contributed by atoms with Gasteiger partial charge in [0.1, 0.15) is 0 Å². The van der Waals surface area contributed by atoms with E-state index < -0.39 is 0 Å². The Morgan fingerprint density at radius 1 is 1.56 bits per heavy atom. The van der Waals surface area contributed by atoms with Crippen LogP contribution in [0.4, 0.5) is 0 Å². The molecule has 0 aliphatic heterocycles. The fourth-order valence-corrected chi connectivity index (χ4v) is 2.96. The summed E-state index contributed by atoms with van der Waals surface area (Å²) in [6, 6.07) is 7.75. The highest BCUT2D eigenvalue weighted by atomic mass is 79.9. The summed E-state index contributed by atoms with van der Waals surface area (Å²) in [4.78, 5) is 0. The van der Waals surface area contributed by atoms with E-state index >= 15 is 0 Å². The molecule has 1 atom stereocenters. The van der Waals surface area contributed by atoms with E-state index in [0.717, 1.165) is 16.0 Å². The van der Waals surface area contributed by atoms with Gasteiger partial charge in [0.15, 0.2) is 0 Å².